The van der Waals surface area contributed by atoms with Gasteiger partial charge in [0, 0.05) is 7.05 Å². The number of amides is 1. The van der Waals surface area contributed by atoms with Crippen LogP contribution in [0.2, 0.25) is 0 Å². The number of carbonyl (C=O) groups is 1. The van der Waals surface area contributed by atoms with Crippen LogP contribution in [0.5, 0.6) is 5.75 Å². The average molecular weight is 341 g/mol. The first-order valence-corrected chi connectivity index (χ1v) is 8.58. The third-order valence-electron chi connectivity index (χ3n) is 3.67. The number of rotatable bonds is 5. The predicted molar refractivity (Wildman–Crippen MR) is 95.8 cm³/mol. The van der Waals surface area contributed by atoms with Gasteiger partial charge in [0.15, 0.2) is 6.61 Å². The van der Waals surface area contributed by atoms with Crippen LogP contribution < -0.4 is 15.0 Å². The molecule has 124 valence electrons. The molecule has 0 radical (unpaired) electrons. The fourth-order valence-electron chi connectivity index (χ4n) is 2.33. The van der Waals surface area contributed by atoms with Crippen LogP contribution in [0.25, 0.3) is 10.2 Å². The molecule has 0 unspecified atom stereocenters. The third kappa shape index (κ3) is 3.65. The molecule has 2 aromatic carbocycles. The molecule has 1 heterocycles. The van der Waals surface area contributed by atoms with Crippen molar-refractivity contribution in [1.82, 2.24) is 9.99 Å². The number of para-hydroxylation sites is 1. The summed E-state index contributed by atoms with van der Waals surface area (Å²) in [4.78, 5) is 12.7. The van der Waals surface area contributed by atoms with Gasteiger partial charge in [0.2, 0.25) is 4.80 Å². The molecule has 0 saturated heterocycles. The first-order chi connectivity index (χ1) is 11.7. The molecule has 1 amide bonds. The Bertz CT molecular complexity index is 927. The van der Waals surface area contributed by atoms with E-state index in [0.29, 0.717) is 5.75 Å². The third-order valence-corrected chi connectivity index (χ3v) is 4.78. The van der Waals surface area contributed by atoms with Crippen LogP contribution in [0, 0.1) is 0 Å². The molecule has 0 aliphatic heterocycles. The van der Waals surface area contributed by atoms with Crippen molar-refractivity contribution in [2.75, 3.05) is 6.61 Å². The lowest BCUT2D eigenvalue weighted by Gasteiger charge is -2.06. The maximum Gasteiger partial charge on any atom is 0.278 e. The molecule has 0 aliphatic rings. The smallest absolute Gasteiger partial charge is 0.278 e. The van der Waals surface area contributed by atoms with Crippen LogP contribution in [0.4, 0.5) is 0 Å². The van der Waals surface area contributed by atoms with Crippen molar-refractivity contribution in [3.63, 3.8) is 0 Å². The number of fused-ring (bicyclic) bond motifs is 1. The molecule has 3 rings (SSSR count). The number of aryl methyl sites for hydroxylation is 2. The highest BCUT2D eigenvalue weighted by Gasteiger charge is 2.04. The SMILES string of the molecule is CCc1cccc(OCC(=O)N/N=c2/sc3ccccc3n2C)c1. The highest BCUT2D eigenvalue weighted by molar-refractivity contribution is 7.16. The zero-order chi connectivity index (χ0) is 16.9. The van der Waals surface area contributed by atoms with Gasteiger partial charge in [-0.2, -0.15) is 0 Å². The maximum absolute atomic E-state index is 11.9. The van der Waals surface area contributed by atoms with Crippen molar-refractivity contribution in [3.8, 4) is 5.75 Å². The lowest BCUT2D eigenvalue weighted by Crippen LogP contribution is -2.27. The van der Waals surface area contributed by atoms with E-state index in [4.69, 9.17) is 4.74 Å². The van der Waals surface area contributed by atoms with Gasteiger partial charge in [0.1, 0.15) is 5.75 Å². The van der Waals surface area contributed by atoms with Gasteiger partial charge >= 0.3 is 0 Å². The van der Waals surface area contributed by atoms with Gasteiger partial charge in [-0.25, -0.2) is 5.43 Å². The molecule has 5 nitrogen and oxygen atoms in total. The van der Waals surface area contributed by atoms with Gasteiger partial charge in [-0.1, -0.05) is 42.5 Å². The Morgan fingerprint density at radius 1 is 1.25 bits per heavy atom. The predicted octanol–water partition coefficient (Wildman–Crippen LogP) is 2.81. The van der Waals surface area contributed by atoms with E-state index in [1.54, 1.807) is 0 Å². The minimum Gasteiger partial charge on any atom is -0.484 e. The summed E-state index contributed by atoms with van der Waals surface area (Å²) in [5.74, 6) is 0.409. The minimum atomic E-state index is -0.283. The van der Waals surface area contributed by atoms with E-state index in [2.05, 4.69) is 17.5 Å². The van der Waals surface area contributed by atoms with Crippen molar-refractivity contribution in [1.29, 1.82) is 0 Å². The van der Waals surface area contributed by atoms with Crippen molar-refractivity contribution >= 4 is 27.5 Å². The largest absolute Gasteiger partial charge is 0.484 e. The second-order valence-electron chi connectivity index (χ2n) is 5.35. The molecule has 24 heavy (non-hydrogen) atoms. The van der Waals surface area contributed by atoms with Gasteiger partial charge in [-0.3, -0.25) is 4.79 Å². The fraction of sp³-hybridized carbons (Fsp3) is 0.222. The van der Waals surface area contributed by atoms with Crippen LogP contribution in [-0.2, 0) is 18.3 Å². The normalized spacial score (nSPS) is 11.7. The van der Waals surface area contributed by atoms with Gasteiger partial charge in [-0.05, 0) is 36.2 Å². The van der Waals surface area contributed by atoms with Crippen LogP contribution >= 0.6 is 11.3 Å². The first-order valence-electron chi connectivity index (χ1n) is 7.76. The van der Waals surface area contributed by atoms with Gasteiger partial charge in [-0.15, -0.1) is 5.10 Å². The first kappa shape index (κ1) is 16.3. The second-order valence-corrected chi connectivity index (χ2v) is 6.36. The van der Waals surface area contributed by atoms with Crippen LogP contribution in [0.3, 0.4) is 0 Å². The molecular formula is C18H19N3O2S. The quantitative estimate of drug-likeness (QED) is 0.726. The van der Waals surface area contributed by atoms with Crippen molar-refractivity contribution < 1.29 is 9.53 Å². The highest BCUT2D eigenvalue weighted by atomic mass is 32.1. The van der Waals surface area contributed by atoms with E-state index in [1.165, 1.54) is 16.9 Å². The van der Waals surface area contributed by atoms with E-state index >= 15 is 0 Å². The molecule has 6 heteroatoms. The maximum atomic E-state index is 11.9. The van der Waals surface area contributed by atoms with Crippen LogP contribution in [0.15, 0.2) is 53.6 Å². The molecule has 1 aromatic heterocycles. The molecule has 0 saturated carbocycles. The average Bonchev–Trinajstić information content (AvgIpc) is 2.94. The van der Waals surface area contributed by atoms with Crippen molar-refractivity contribution in [2.24, 2.45) is 12.1 Å². The Kier molecular flexibility index (Phi) is 4.96. The molecule has 0 fully saturated rings. The number of hydrogen-bond acceptors (Lipinski definition) is 4. The molecule has 3 aromatic rings. The van der Waals surface area contributed by atoms with Crippen molar-refractivity contribution in [2.45, 2.75) is 13.3 Å². The number of carbonyl (C=O) groups excluding carboxylic acids is 1. The molecule has 0 spiro atoms. The number of benzene rings is 2. The summed E-state index contributed by atoms with van der Waals surface area (Å²) < 4.78 is 8.59. The summed E-state index contributed by atoms with van der Waals surface area (Å²) in [6, 6.07) is 15.8. The molecule has 1 N–H and O–H groups in total. The highest BCUT2D eigenvalue weighted by Crippen LogP contribution is 2.15. The minimum absolute atomic E-state index is 0.0642. The summed E-state index contributed by atoms with van der Waals surface area (Å²) in [5.41, 5.74) is 4.81. The lowest BCUT2D eigenvalue weighted by molar-refractivity contribution is -0.123. The number of ether oxygens (including phenoxy) is 1. The number of nitrogens with zero attached hydrogens (tertiary/aromatic N) is 2. The number of thiazole rings is 1. The topological polar surface area (TPSA) is 55.6 Å². The Labute approximate surface area is 144 Å². The van der Waals surface area contributed by atoms with Gasteiger partial charge in [0.25, 0.3) is 5.91 Å². The van der Waals surface area contributed by atoms with E-state index in [-0.39, 0.29) is 12.5 Å². The summed E-state index contributed by atoms with van der Waals surface area (Å²) in [7, 11) is 1.93. The fourth-order valence-corrected chi connectivity index (χ4v) is 3.31. The van der Waals surface area contributed by atoms with Crippen LogP contribution in [0.1, 0.15) is 12.5 Å². The molecule has 0 bridgehead atoms. The Morgan fingerprint density at radius 3 is 2.88 bits per heavy atom. The Hall–Kier alpha value is -2.60. The molecule has 0 aliphatic carbocycles. The number of aromatic nitrogens is 1. The van der Waals surface area contributed by atoms with E-state index < -0.39 is 0 Å². The van der Waals surface area contributed by atoms with Crippen molar-refractivity contribution in [3.05, 3.63) is 58.9 Å². The molecule has 0 atom stereocenters. The van der Waals surface area contributed by atoms with E-state index in [0.717, 1.165) is 21.4 Å². The summed E-state index contributed by atoms with van der Waals surface area (Å²) in [6.45, 7) is 2.01. The standard InChI is InChI=1S/C18H19N3O2S/c1-3-13-7-6-8-14(11-13)23-12-17(22)19-20-18-21(2)15-9-4-5-10-16(15)24-18/h4-11H,3,12H2,1-2H3,(H,19,22)/b20-18+. The Morgan fingerprint density at radius 2 is 2.08 bits per heavy atom. The van der Waals surface area contributed by atoms with Crippen LogP contribution in [-0.4, -0.2) is 17.1 Å². The van der Waals surface area contributed by atoms with Gasteiger partial charge in [0.05, 0.1) is 10.2 Å². The Balaban J connectivity index is 1.65. The number of nitrogens with one attached hydrogen (secondary N) is 1. The summed E-state index contributed by atoms with van der Waals surface area (Å²) in [6.07, 6.45) is 0.932. The van der Waals surface area contributed by atoms with E-state index in [1.807, 2.05) is 60.1 Å². The zero-order valence-electron chi connectivity index (χ0n) is 13.7. The monoisotopic (exact) mass is 341 g/mol. The lowest BCUT2D eigenvalue weighted by atomic mass is 10.2. The number of hydrogen-bond donors (Lipinski definition) is 1. The van der Waals surface area contributed by atoms with Gasteiger partial charge < -0.3 is 9.30 Å². The molecular weight excluding hydrogens is 322 g/mol. The zero-order valence-corrected chi connectivity index (χ0v) is 14.5. The summed E-state index contributed by atoms with van der Waals surface area (Å²) >= 11 is 1.53. The summed E-state index contributed by atoms with van der Waals surface area (Å²) in [5, 5.41) is 4.19. The van der Waals surface area contributed by atoms with E-state index in [9.17, 15) is 4.79 Å². The second kappa shape index (κ2) is 7.31.